The van der Waals surface area contributed by atoms with Crippen LogP contribution in [0.1, 0.15) is 72.1 Å². The van der Waals surface area contributed by atoms with Crippen molar-refractivity contribution in [2.24, 2.45) is 17.3 Å². The highest BCUT2D eigenvalue weighted by Crippen LogP contribution is 2.41. The van der Waals surface area contributed by atoms with Gasteiger partial charge in [0.1, 0.15) is 0 Å². The van der Waals surface area contributed by atoms with E-state index in [-0.39, 0.29) is 0 Å². The molecule has 1 N–H and O–H groups in total. The predicted molar refractivity (Wildman–Crippen MR) is 90.5 cm³/mol. The summed E-state index contributed by atoms with van der Waals surface area (Å²) in [5, 5.41) is 3.94. The van der Waals surface area contributed by atoms with E-state index >= 15 is 0 Å². The van der Waals surface area contributed by atoms with Crippen LogP contribution < -0.4 is 5.32 Å². The fourth-order valence-electron chi connectivity index (χ4n) is 4.32. The zero-order valence-corrected chi connectivity index (χ0v) is 14.5. The molecule has 2 unspecified atom stereocenters. The molecule has 0 amide bonds. The van der Waals surface area contributed by atoms with Crippen molar-refractivity contribution in [1.29, 1.82) is 0 Å². The Bertz CT molecular complexity index is 316. The van der Waals surface area contributed by atoms with Crippen molar-refractivity contribution in [3.05, 3.63) is 0 Å². The molecule has 0 spiro atoms. The number of hydrogen-bond acceptors (Lipinski definition) is 2. The molecule has 0 saturated heterocycles. The average molecular weight is 293 g/mol. The second kappa shape index (κ2) is 6.58. The quantitative estimate of drug-likeness (QED) is 0.726. The molecular weight excluding hydrogens is 256 g/mol. The van der Waals surface area contributed by atoms with Crippen LogP contribution >= 0.6 is 0 Å². The molecule has 0 aromatic rings. The monoisotopic (exact) mass is 292 g/mol. The third-order valence-electron chi connectivity index (χ3n) is 6.01. The van der Waals surface area contributed by atoms with Crippen molar-refractivity contribution in [3.63, 3.8) is 0 Å². The van der Waals surface area contributed by atoms with Gasteiger partial charge in [-0.25, -0.2) is 0 Å². The Morgan fingerprint density at radius 3 is 2.14 bits per heavy atom. The number of rotatable bonds is 8. The molecule has 3 fully saturated rings. The fraction of sp³-hybridized carbons (Fsp3) is 1.00. The van der Waals surface area contributed by atoms with Crippen molar-refractivity contribution in [2.75, 3.05) is 19.6 Å². The summed E-state index contributed by atoms with van der Waals surface area (Å²) in [6.07, 6.45) is 11.5. The fourth-order valence-corrected chi connectivity index (χ4v) is 4.32. The molecule has 3 aliphatic rings. The van der Waals surface area contributed by atoms with Crippen LogP contribution in [0.3, 0.4) is 0 Å². The molecule has 3 saturated carbocycles. The van der Waals surface area contributed by atoms with Gasteiger partial charge >= 0.3 is 0 Å². The van der Waals surface area contributed by atoms with Gasteiger partial charge in [-0.2, -0.15) is 0 Å². The summed E-state index contributed by atoms with van der Waals surface area (Å²) in [7, 11) is 0. The lowest BCUT2D eigenvalue weighted by molar-refractivity contribution is 0.0427. The summed E-state index contributed by atoms with van der Waals surface area (Å²) in [6, 6.07) is 1.49. The molecular formula is C19H36N2. The van der Waals surface area contributed by atoms with Crippen molar-refractivity contribution in [2.45, 2.75) is 84.2 Å². The van der Waals surface area contributed by atoms with Gasteiger partial charge in [-0.1, -0.05) is 27.2 Å². The van der Waals surface area contributed by atoms with Gasteiger partial charge in [-0.3, -0.25) is 4.90 Å². The Kier molecular flexibility index (Phi) is 4.95. The standard InChI is InChI=1S/C19H36N2/c1-4-12-20-18-17(6-5-11-19(18,2)3)21(13-15-7-8-15)14-16-9-10-16/h15-18,20H,4-14H2,1-3H3. The van der Waals surface area contributed by atoms with Crippen LogP contribution in [0, 0.1) is 17.3 Å². The van der Waals surface area contributed by atoms with E-state index in [1.165, 1.54) is 71.0 Å². The molecule has 2 atom stereocenters. The molecule has 2 heteroatoms. The maximum Gasteiger partial charge on any atom is 0.0274 e. The van der Waals surface area contributed by atoms with Gasteiger partial charge in [0.2, 0.25) is 0 Å². The Morgan fingerprint density at radius 1 is 1.00 bits per heavy atom. The van der Waals surface area contributed by atoms with Crippen LogP contribution in [0.4, 0.5) is 0 Å². The largest absolute Gasteiger partial charge is 0.312 e. The topological polar surface area (TPSA) is 15.3 Å². The second-order valence-corrected chi connectivity index (χ2v) is 8.72. The smallest absolute Gasteiger partial charge is 0.0274 e. The summed E-state index contributed by atoms with van der Waals surface area (Å²) in [5.74, 6) is 2.06. The van der Waals surface area contributed by atoms with E-state index in [0.29, 0.717) is 11.5 Å². The highest BCUT2D eigenvalue weighted by Gasteiger charge is 2.43. The van der Waals surface area contributed by atoms with Gasteiger partial charge in [0.25, 0.3) is 0 Å². The van der Waals surface area contributed by atoms with Crippen molar-refractivity contribution >= 4 is 0 Å². The highest BCUT2D eigenvalue weighted by molar-refractivity contribution is 5.00. The average Bonchev–Trinajstić information content (AvgIpc) is 3.31. The molecule has 0 heterocycles. The second-order valence-electron chi connectivity index (χ2n) is 8.72. The first-order chi connectivity index (χ1) is 10.1. The van der Waals surface area contributed by atoms with Crippen molar-refractivity contribution in [1.82, 2.24) is 10.2 Å². The molecule has 0 aromatic carbocycles. The third-order valence-corrected chi connectivity index (χ3v) is 6.01. The van der Waals surface area contributed by atoms with Crippen LogP contribution in [-0.4, -0.2) is 36.6 Å². The first-order valence-corrected chi connectivity index (χ1v) is 9.57. The predicted octanol–water partition coefficient (Wildman–Crippen LogP) is 4.06. The van der Waals surface area contributed by atoms with Gasteiger partial charge in [-0.15, -0.1) is 0 Å². The maximum absolute atomic E-state index is 3.94. The van der Waals surface area contributed by atoms with Crippen LogP contribution in [0.15, 0.2) is 0 Å². The van der Waals surface area contributed by atoms with E-state index in [9.17, 15) is 0 Å². The summed E-state index contributed by atoms with van der Waals surface area (Å²) >= 11 is 0. The molecule has 0 aliphatic heterocycles. The Morgan fingerprint density at radius 2 is 1.62 bits per heavy atom. The highest BCUT2D eigenvalue weighted by atomic mass is 15.2. The Hall–Kier alpha value is -0.0800. The summed E-state index contributed by atoms with van der Waals surface area (Å²) in [5.41, 5.74) is 0.462. The summed E-state index contributed by atoms with van der Waals surface area (Å²) in [4.78, 5) is 2.92. The van der Waals surface area contributed by atoms with E-state index in [4.69, 9.17) is 0 Å². The maximum atomic E-state index is 3.94. The lowest BCUT2D eigenvalue weighted by Gasteiger charge is -2.49. The van der Waals surface area contributed by atoms with E-state index in [2.05, 4.69) is 31.0 Å². The van der Waals surface area contributed by atoms with E-state index < -0.39 is 0 Å². The normalized spacial score (nSPS) is 32.6. The number of nitrogens with one attached hydrogen (secondary N) is 1. The Balaban J connectivity index is 1.69. The van der Waals surface area contributed by atoms with E-state index in [1.807, 2.05) is 0 Å². The van der Waals surface area contributed by atoms with Crippen LogP contribution in [0.5, 0.6) is 0 Å². The minimum atomic E-state index is 0.462. The molecule has 2 nitrogen and oxygen atoms in total. The lowest BCUT2D eigenvalue weighted by Crippen LogP contribution is -2.59. The van der Waals surface area contributed by atoms with Gasteiger partial charge in [0, 0.05) is 25.2 Å². The van der Waals surface area contributed by atoms with Gasteiger partial charge in [-0.05, 0) is 68.7 Å². The molecule has 122 valence electrons. The van der Waals surface area contributed by atoms with Gasteiger partial charge < -0.3 is 5.32 Å². The van der Waals surface area contributed by atoms with Crippen LogP contribution in [0.2, 0.25) is 0 Å². The Labute approximate surface area is 132 Å². The minimum absolute atomic E-state index is 0.462. The van der Waals surface area contributed by atoms with Crippen molar-refractivity contribution < 1.29 is 0 Å². The number of nitrogens with zero attached hydrogens (tertiary/aromatic N) is 1. The minimum Gasteiger partial charge on any atom is -0.312 e. The molecule has 0 radical (unpaired) electrons. The van der Waals surface area contributed by atoms with Gasteiger partial charge in [0.15, 0.2) is 0 Å². The van der Waals surface area contributed by atoms with Crippen molar-refractivity contribution in [3.8, 4) is 0 Å². The van der Waals surface area contributed by atoms with Crippen LogP contribution in [0.25, 0.3) is 0 Å². The summed E-state index contributed by atoms with van der Waals surface area (Å²) in [6.45, 7) is 11.3. The van der Waals surface area contributed by atoms with Gasteiger partial charge in [0.05, 0.1) is 0 Å². The molecule has 0 aromatic heterocycles. The lowest BCUT2D eigenvalue weighted by atomic mass is 9.70. The molecule has 3 rings (SSSR count). The van der Waals surface area contributed by atoms with E-state index in [0.717, 1.165) is 17.9 Å². The zero-order chi connectivity index (χ0) is 14.9. The first-order valence-electron chi connectivity index (χ1n) is 9.57. The van der Waals surface area contributed by atoms with E-state index in [1.54, 1.807) is 0 Å². The SMILES string of the molecule is CCCNC1C(N(CC2CC2)CC2CC2)CCCC1(C)C. The molecule has 3 aliphatic carbocycles. The number of hydrogen-bond donors (Lipinski definition) is 1. The molecule has 0 bridgehead atoms. The summed E-state index contributed by atoms with van der Waals surface area (Å²) < 4.78 is 0. The van der Waals surface area contributed by atoms with Crippen LogP contribution in [-0.2, 0) is 0 Å². The first kappa shape index (κ1) is 15.8. The molecule has 21 heavy (non-hydrogen) atoms. The zero-order valence-electron chi connectivity index (χ0n) is 14.5. The third kappa shape index (κ3) is 4.22.